The zero-order valence-corrected chi connectivity index (χ0v) is 26.7. The number of hydrogen-bond acceptors (Lipinski definition) is 8. The predicted molar refractivity (Wildman–Crippen MR) is 152 cm³/mol. The van der Waals surface area contributed by atoms with Gasteiger partial charge in [-0.1, -0.05) is 36.4 Å². The Labute approximate surface area is 260 Å². The van der Waals surface area contributed by atoms with E-state index in [0.29, 0.717) is 12.3 Å². The van der Waals surface area contributed by atoms with Crippen LogP contribution in [0.2, 0.25) is 0 Å². The molecule has 0 spiro atoms. The summed E-state index contributed by atoms with van der Waals surface area (Å²) in [5, 5.41) is 2.47. The van der Waals surface area contributed by atoms with E-state index >= 15 is 0 Å². The molecule has 1 amide bonds. The van der Waals surface area contributed by atoms with Gasteiger partial charge in [0, 0.05) is 24.6 Å². The third-order valence-electron chi connectivity index (χ3n) is 3.16. The van der Waals surface area contributed by atoms with Crippen molar-refractivity contribution in [2.24, 2.45) is 5.73 Å². The number of benzene rings is 2. The number of nitrogens with one attached hydrogen (secondary N) is 1. The number of carbonyl (C=O) groups is 2. The first-order valence-corrected chi connectivity index (χ1v) is 14.3. The van der Waals surface area contributed by atoms with Crippen molar-refractivity contribution in [1.82, 2.24) is 5.32 Å². The van der Waals surface area contributed by atoms with Crippen LogP contribution < -0.4 is 50.1 Å². The van der Waals surface area contributed by atoms with E-state index in [-0.39, 0.29) is 59.5 Å². The molecule has 0 saturated heterocycles. The summed E-state index contributed by atoms with van der Waals surface area (Å²) in [5.74, 6) is 3.31. The number of alkyl halides is 2. The van der Waals surface area contributed by atoms with Crippen molar-refractivity contribution in [2.45, 2.75) is 0 Å². The fourth-order valence-corrected chi connectivity index (χ4v) is 2.38. The van der Waals surface area contributed by atoms with E-state index in [1.54, 1.807) is 35.7 Å². The van der Waals surface area contributed by atoms with Gasteiger partial charge in [-0.3, -0.25) is 9.59 Å². The molecule has 0 radical (unpaired) electrons. The van der Waals surface area contributed by atoms with Crippen LogP contribution in [0, 0.1) is 0 Å². The summed E-state index contributed by atoms with van der Waals surface area (Å²) >= 11 is 18.1. The van der Waals surface area contributed by atoms with Crippen molar-refractivity contribution < 1.29 is 54.1 Å². The molecule has 0 unspecified atom stereocenters. The fourth-order valence-electron chi connectivity index (χ4n) is 1.78. The minimum Gasteiger partial charge on any atom is -0.870 e. The average molecular weight is 612 g/mol. The molecule has 2 rings (SSSR count). The average Bonchev–Trinajstić information content (AvgIpc) is 2.85. The summed E-state index contributed by atoms with van der Waals surface area (Å²) in [6, 6.07) is 18.4. The summed E-state index contributed by atoms with van der Waals surface area (Å²) < 4.78 is 10.3. The van der Waals surface area contributed by atoms with Crippen LogP contribution in [0.5, 0.6) is 11.5 Å². The van der Waals surface area contributed by atoms with Gasteiger partial charge in [-0.15, -0.1) is 23.2 Å². The van der Waals surface area contributed by atoms with Crippen LogP contribution in [0.1, 0.15) is 0 Å². The molecule has 4 N–H and O–H groups in total. The van der Waals surface area contributed by atoms with E-state index < -0.39 is 5.24 Å². The maximum Gasteiger partial charge on any atom is 1.00 e. The summed E-state index contributed by atoms with van der Waals surface area (Å²) in [5.41, 5.74) is 5.12. The smallest absolute Gasteiger partial charge is 0.870 e. The van der Waals surface area contributed by atoms with E-state index in [1.807, 2.05) is 61.0 Å². The number of hydrogen-bond donors (Lipinski definition) is 2. The van der Waals surface area contributed by atoms with Crippen LogP contribution in [0.3, 0.4) is 0 Å². The molecule has 0 aliphatic rings. The molecule has 0 bridgehead atoms. The van der Waals surface area contributed by atoms with Crippen molar-refractivity contribution in [2.75, 3.05) is 55.7 Å². The van der Waals surface area contributed by atoms with Crippen LogP contribution in [-0.2, 0) is 9.59 Å². The molecule has 2 aromatic rings. The van der Waals surface area contributed by atoms with E-state index in [9.17, 15) is 9.59 Å². The van der Waals surface area contributed by atoms with E-state index in [4.69, 9.17) is 50.0 Å². The quantitative estimate of drug-likeness (QED) is 0.171. The SMILES string of the molecule is CSCCN.CSCCNC(=O)COc1ccccc1.ClCCl.O=C(Cl)COc1ccccc1.[Na+].[OH-]. The van der Waals surface area contributed by atoms with Gasteiger partial charge in [-0.05, 0) is 48.4 Å². The van der Waals surface area contributed by atoms with Gasteiger partial charge in [0.15, 0.2) is 13.2 Å². The van der Waals surface area contributed by atoms with Crippen LogP contribution >= 0.6 is 58.3 Å². The number of thioether (sulfide) groups is 2. The molecule has 0 aliphatic carbocycles. The summed E-state index contributed by atoms with van der Waals surface area (Å²) in [6.07, 6.45) is 4.06. The first kappa shape index (κ1) is 42.7. The summed E-state index contributed by atoms with van der Waals surface area (Å²) in [4.78, 5) is 21.5. The van der Waals surface area contributed by atoms with Gasteiger partial charge in [0.25, 0.3) is 11.1 Å². The van der Waals surface area contributed by atoms with E-state index in [2.05, 4.69) is 5.32 Å². The summed E-state index contributed by atoms with van der Waals surface area (Å²) in [7, 11) is 0. The predicted octanol–water partition coefficient (Wildman–Crippen LogP) is 1.93. The van der Waals surface area contributed by atoms with E-state index in [0.717, 1.165) is 23.8 Å². The molecular weight excluding hydrogens is 578 g/mol. The maximum absolute atomic E-state index is 11.2. The van der Waals surface area contributed by atoms with Crippen LogP contribution in [0.4, 0.5) is 0 Å². The minimum atomic E-state index is -0.492. The molecule has 0 heterocycles. The Morgan fingerprint density at radius 1 is 0.861 bits per heavy atom. The number of halogens is 3. The van der Waals surface area contributed by atoms with Crippen molar-refractivity contribution in [1.29, 1.82) is 0 Å². The summed E-state index contributed by atoms with van der Waals surface area (Å²) in [6.45, 7) is 1.50. The largest absolute Gasteiger partial charge is 1.00 e. The van der Waals surface area contributed by atoms with Gasteiger partial charge < -0.3 is 26.0 Å². The Morgan fingerprint density at radius 3 is 1.61 bits per heavy atom. The molecule has 0 aliphatic heterocycles. The Bertz CT molecular complexity index is 725. The monoisotopic (exact) mass is 610 g/mol. The van der Waals surface area contributed by atoms with Crippen molar-refractivity contribution >= 4 is 69.5 Å². The van der Waals surface area contributed by atoms with Gasteiger partial charge in [0.2, 0.25) is 0 Å². The number of rotatable bonds is 11. The Morgan fingerprint density at radius 2 is 1.28 bits per heavy atom. The molecule has 0 aromatic heterocycles. The number of para-hydroxylation sites is 2. The Hall–Kier alpha value is -0.330. The van der Waals surface area contributed by atoms with Crippen LogP contribution in [0.15, 0.2) is 60.7 Å². The zero-order chi connectivity index (χ0) is 25.9. The second kappa shape index (κ2) is 34.7. The van der Waals surface area contributed by atoms with Gasteiger partial charge in [-0.2, -0.15) is 23.5 Å². The van der Waals surface area contributed by atoms with E-state index in [1.165, 1.54) is 0 Å². The first-order valence-electron chi connectivity index (χ1n) is 10.1. The standard InChI is InChI=1S/C11H15NO2S.C8H7ClO2.C3H9NS.CH2Cl2.Na.H2O/c1-15-8-7-12-11(13)9-14-10-5-3-2-4-6-10;9-8(10)6-11-7-4-2-1-3-5-7;1-5-3-2-4;2-1-3;;/h2-6H,7-9H2,1H3,(H,12,13);1-5H,6H2;2-4H2,1H3;1H2;;1H2/q;;;;+1;/p-1. The van der Waals surface area contributed by atoms with Gasteiger partial charge in [-0.25, -0.2) is 0 Å². The molecule has 0 atom stereocenters. The fraction of sp³-hybridized carbons (Fsp3) is 0.391. The molecule has 7 nitrogen and oxygen atoms in total. The maximum atomic E-state index is 11.2. The first-order chi connectivity index (χ1) is 16.4. The van der Waals surface area contributed by atoms with Crippen LogP contribution in [0.25, 0.3) is 0 Å². The third kappa shape index (κ3) is 33.7. The van der Waals surface area contributed by atoms with Crippen molar-refractivity contribution in [3.05, 3.63) is 60.7 Å². The van der Waals surface area contributed by atoms with Crippen molar-refractivity contribution in [3.63, 3.8) is 0 Å². The zero-order valence-electron chi connectivity index (χ0n) is 20.8. The second-order valence-corrected chi connectivity index (χ2v) is 8.98. The normalized spacial score (nSPS) is 8.50. The Balaban J connectivity index is -0.000000215. The molecule has 36 heavy (non-hydrogen) atoms. The number of nitrogens with two attached hydrogens (primary N) is 1. The van der Waals surface area contributed by atoms with Gasteiger partial charge in [0.1, 0.15) is 11.5 Å². The van der Waals surface area contributed by atoms with Gasteiger partial charge >= 0.3 is 29.6 Å². The van der Waals surface area contributed by atoms with Gasteiger partial charge in [0.05, 0.1) is 5.34 Å². The van der Waals surface area contributed by atoms with Crippen molar-refractivity contribution in [3.8, 4) is 11.5 Å². The topological polar surface area (TPSA) is 121 Å². The number of ether oxygens (including phenoxy) is 2. The third-order valence-corrected chi connectivity index (χ3v) is 4.52. The molecule has 13 heteroatoms. The van der Waals surface area contributed by atoms with Crippen LogP contribution in [-0.4, -0.2) is 72.3 Å². The minimum absolute atomic E-state index is 0. The molecular formula is C23H34Cl3N2NaO5S2. The Kier molecular flexibility index (Phi) is 41.2. The molecule has 200 valence electrons. The number of carbonyl (C=O) groups excluding carboxylic acids is 2. The molecule has 0 saturated carbocycles. The molecule has 2 aromatic carbocycles. The second-order valence-electron chi connectivity index (χ2n) is 5.78. The number of amides is 1. The molecule has 0 fully saturated rings.